The molecule has 0 bridgehead atoms. The minimum atomic E-state index is -0.128. The number of hydrogen-bond donors (Lipinski definition) is 1. The maximum absolute atomic E-state index is 8.62. The molecular weight excluding hydrogens is 284 g/mol. The zero-order valence-electron chi connectivity index (χ0n) is 11.7. The molecule has 5 heteroatoms. The average molecular weight is 300 g/mol. The quantitative estimate of drug-likeness (QED) is 0.397. The highest BCUT2D eigenvalue weighted by molar-refractivity contribution is 7.99. The maximum atomic E-state index is 8.62. The van der Waals surface area contributed by atoms with E-state index in [-0.39, 0.29) is 6.61 Å². The lowest BCUT2D eigenvalue weighted by atomic mass is 10.2. The van der Waals surface area contributed by atoms with Crippen LogP contribution in [0.5, 0.6) is 5.75 Å². The molecule has 0 unspecified atom stereocenters. The summed E-state index contributed by atoms with van der Waals surface area (Å²) in [7, 11) is 0. The summed E-state index contributed by atoms with van der Waals surface area (Å²) in [6.07, 6.45) is 3.62. The van der Waals surface area contributed by atoms with Crippen LogP contribution in [0, 0.1) is 18.8 Å². The highest BCUT2D eigenvalue weighted by atomic mass is 32.2. The van der Waals surface area contributed by atoms with Gasteiger partial charge in [-0.1, -0.05) is 23.6 Å². The molecule has 0 saturated carbocycles. The molecule has 2 rings (SSSR count). The lowest BCUT2D eigenvalue weighted by Gasteiger charge is -2.05. The first-order valence-corrected chi connectivity index (χ1v) is 7.50. The Labute approximate surface area is 128 Å². The number of aromatic nitrogens is 2. The summed E-state index contributed by atoms with van der Waals surface area (Å²) in [5.74, 6) is 7.03. The second kappa shape index (κ2) is 8.30. The van der Waals surface area contributed by atoms with E-state index in [4.69, 9.17) is 9.84 Å². The second-order valence-corrected chi connectivity index (χ2v) is 5.29. The third kappa shape index (κ3) is 5.46. The van der Waals surface area contributed by atoms with Crippen molar-refractivity contribution in [1.29, 1.82) is 0 Å². The number of aliphatic hydroxyl groups excluding tert-OH is 1. The molecule has 0 spiro atoms. The normalized spacial score (nSPS) is 9.81. The van der Waals surface area contributed by atoms with Gasteiger partial charge in [-0.25, -0.2) is 9.97 Å². The van der Waals surface area contributed by atoms with E-state index in [1.54, 1.807) is 11.8 Å². The topological polar surface area (TPSA) is 55.2 Å². The molecule has 0 aliphatic rings. The van der Waals surface area contributed by atoms with Crippen molar-refractivity contribution >= 4 is 11.8 Å². The Kier molecular flexibility index (Phi) is 6.07. The van der Waals surface area contributed by atoms with Gasteiger partial charge in [0.1, 0.15) is 12.4 Å². The highest BCUT2D eigenvalue weighted by Crippen LogP contribution is 2.14. The molecule has 1 heterocycles. The molecule has 21 heavy (non-hydrogen) atoms. The van der Waals surface area contributed by atoms with Gasteiger partial charge in [0.2, 0.25) is 0 Å². The molecule has 2 aromatic rings. The summed E-state index contributed by atoms with van der Waals surface area (Å²) >= 11 is 1.57. The summed E-state index contributed by atoms with van der Waals surface area (Å²) in [5, 5.41) is 9.39. The first-order chi connectivity index (χ1) is 10.3. The van der Waals surface area contributed by atoms with Crippen LogP contribution in [0.25, 0.3) is 0 Å². The van der Waals surface area contributed by atoms with Gasteiger partial charge in [0, 0.05) is 23.7 Å². The van der Waals surface area contributed by atoms with E-state index in [0.29, 0.717) is 6.61 Å². The van der Waals surface area contributed by atoms with Gasteiger partial charge in [-0.3, -0.25) is 0 Å². The molecule has 0 aliphatic heterocycles. The maximum Gasteiger partial charge on any atom is 0.187 e. The molecule has 0 atom stereocenters. The highest BCUT2D eigenvalue weighted by Gasteiger charge is 1.98. The number of benzene rings is 1. The lowest BCUT2D eigenvalue weighted by molar-refractivity contribution is 0.344. The standard InChI is InChI=1S/C16H16N2O2S/c1-13-11-17-16(18-12-13)21-10-9-20-15-6-4-14(5-7-15)3-2-8-19/h4-7,11-12,19H,8-10H2,1H3. The van der Waals surface area contributed by atoms with Crippen molar-refractivity contribution in [2.75, 3.05) is 19.0 Å². The van der Waals surface area contributed by atoms with E-state index in [1.165, 1.54) is 0 Å². The Bertz CT molecular complexity index is 615. The van der Waals surface area contributed by atoms with Crippen molar-refractivity contribution in [2.24, 2.45) is 0 Å². The Morgan fingerprint density at radius 1 is 1.19 bits per heavy atom. The SMILES string of the molecule is Cc1cnc(SCCOc2ccc(C#CCO)cc2)nc1. The Hall–Kier alpha value is -2.03. The van der Waals surface area contributed by atoms with Crippen LogP contribution in [0.15, 0.2) is 41.8 Å². The van der Waals surface area contributed by atoms with Gasteiger partial charge in [0.05, 0.1) is 6.61 Å². The first-order valence-electron chi connectivity index (χ1n) is 6.52. The number of ether oxygens (including phenoxy) is 1. The monoisotopic (exact) mass is 300 g/mol. The minimum Gasteiger partial charge on any atom is -0.493 e. The van der Waals surface area contributed by atoms with Crippen molar-refractivity contribution in [3.63, 3.8) is 0 Å². The number of hydrogen-bond acceptors (Lipinski definition) is 5. The fourth-order valence-corrected chi connectivity index (χ4v) is 2.13. The minimum absolute atomic E-state index is 0.128. The molecule has 1 N–H and O–H groups in total. The summed E-state index contributed by atoms with van der Waals surface area (Å²) in [5.41, 5.74) is 1.92. The van der Waals surface area contributed by atoms with Gasteiger partial charge in [-0.2, -0.15) is 0 Å². The number of aliphatic hydroxyl groups is 1. The van der Waals surface area contributed by atoms with Crippen molar-refractivity contribution in [1.82, 2.24) is 9.97 Å². The summed E-state index contributed by atoms with van der Waals surface area (Å²) in [6.45, 7) is 2.42. The van der Waals surface area contributed by atoms with Gasteiger partial charge in [-0.15, -0.1) is 0 Å². The number of aryl methyl sites for hydroxylation is 1. The van der Waals surface area contributed by atoms with Crippen LogP contribution < -0.4 is 4.74 Å². The van der Waals surface area contributed by atoms with Crippen LogP contribution >= 0.6 is 11.8 Å². The van der Waals surface area contributed by atoms with E-state index in [0.717, 1.165) is 27.8 Å². The Balaban J connectivity index is 1.74. The summed E-state index contributed by atoms with van der Waals surface area (Å²) in [6, 6.07) is 7.48. The molecule has 0 amide bonds. The van der Waals surface area contributed by atoms with Crippen molar-refractivity contribution in [3.05, 3.63) is 47.8 Å². The third-order valence-electron chi connectivity index (χ3n) is 2.51. The van der Waals surface area contributed by atoms with Crippen LogP contribution in [0.4, 0.5) is 0 Å². The molecular formula is C16H16N2O2S. The first kappa shape index (κ1) is 15.4. The number of thioether (sulfide) groups is 1. The lowest BCUT2D eigenvalue weighted by Crippen LogP contribution is -2.01. The number of nitrogens with zero attached hydrogens (tertiary/aromatic N) is 2. The van der Waals surface area contributed by atoms with Gasteiger partial charge in [0.15, 0.2) is 5.16 Å². The molecule has 0 aliphatic carbocycles. The zero-order chi connectivity index (χ0) is 14.9. The molecule has 0 saturated heterocycles. The van der Waals surface area contributed by atoms with Crippen molar-refractivity contribution in [2.45, 2.75) is 12.1 Å². The van der Waals surface area contributed by atoms with Crippen LogP contribution in [0.1, 0.15) is 11.1 Å². The summed E-state index contributed by atoms with van der Waals surface area (Å²) in [4.78, 5) is 8.45. The van der Waals surface area contributed by atoms with E-state index < -0.39 is 0 Å². The molecule has 0 fully saturated rings. The smallest absolute Gasteiger partial charge is 0.187 e. The molecule has 0 radical (unpaired) electrons. The van der Waals surface area contributed by atoms with Crippen LogP contribution in [-0.2, 0) is 0 Å². The largest absolute Gasteiger partial charge is 0.493 e. The molecule has 108 valence electrons. The fourth-order valence-electron chi connectivity index (χ4n) is 1.52. The molecule has 4 nitrogen and oxygen atoms in total. The Morgan fingerprint density at radius 2 is 1.90 bits per heavy atom. The molecule has 1 aromatic carbocycles. The van der Waals surface area contributed by atoms with Gasteiger partial charge < -0.3 is 9.84 Å². The van der Waals surface area contributed by atoms with Gasteiger partial charge in [0.25, 0.3) is 0 Å². The average Bonchev–Trinajstić information content (AvgIpc) is 2.52. The van der Waals surface area contributed by atoms with E-state index in [2.05, 4.69) is 21.8 Å². The third-order valence-corrected chi connectivity index (χ3v) is 3.35. The van der Waals surface area contributed by atoms with Gasteiger partial charge >= 0.3 is 0 Å². The number of rotatable bonds is 5. The predicted octanol–water partition coefficient (Wildman–Crippen LogP) is 2.30. The molecule has 1 aromatic heterocycles. The predicted molar refractivity (Wildman–Crippen MR) is 83.4 cm³/mol. The van der Waals surface area contributed by atoms with Crippen LogP contribution in [0.3, 0.4) is 0 Å². The Morgan fingerprint density at radius 3 is 2.57 bits per heavy atom. The van der Waals surface area contributed by atoms with E-state index in [1.807, 2.05) is 43.6 Å². The van der Waals surface area contributed by atoms with Crippen LogP contribution in [-0.4, -0.2) is 34.0 Å². The fraction of sp³-hybridized carbons (Fsp3) is 0.250. The van der Waals surface area contributed by atoms with E-state index in [9.17, 15) is 0 Å². The van der Waals surface area contributed by atoms with Crippen molar-refractivity contribution in [3.8, 4) is 17.6 Å². The zero-order valence-corrected chi connectivity index (χ0v) is 12.6. The van der Waals surface area contributed by atoms with Gasteiger partial charge in [-0.05, 0) is 36.8 Å². The van der Waals surface area contributed by atoms with E-state index >= 15 is 0 Å². The summed E-state index contributed by atoms with van der Waals surface area (Å²) < 4.78 is 5.64. The second-order valence-electron chi connectivity index (χ2n) is 4.22. The van der Waals surface area contributed by atoms with Crippen LogP contribution in [0.2, 0.25) is 0 Å². The van der Waals surface area contributed by atoms with Crippen molar-refractivity contribution < 1.29 is 9.84 Å².